The van der Waals surface area contributed by atoms with Crippen molar-refractivity contribution in [1.82, 2.24) is 0 Å². The molecule has 0 spiro atoms. The summed E-state index contributed by atoms with van der Waals surface area (Å²) in [4.78, 5) is 2.04. The predicted octanol–water partition coefficient (Wildman–Crippen LogP) is 2.84. The van der Waals surface area contributed by atoms with E-state index < -0.39 is 5.91 Å². The molecule has 1 N–H and O–H groups in total. The Labute approximate surface area is 109 Å². The first-order valence-electron chi connectivity index (χ1n) is 6.77. The van der Waals surface area contributed by atoms with E-state index in [1.807, 2.05) is 11.8 Å². The summed E-state index contributed by atoms with van der Waals surface area (Å²) in [6, 6.07) is 6.49. The van der Waals surface area contributed by atoms with E-state index in [-0.39, 0.29) is 6.04 Å². The maximum Gasteiger partial charge on any atom is 0.249 e. The molecule has 1 heterocycles. The van der Waals surface area contributed by atoms with Crippen molar-refractivity contribution in [2.75, 3.05) is 11.5 Å². The molecule has 1 aliphatic heterocycles. The van der Waals surface area contributed by atoms with E-state index in [9.17, 15) is 5.11 Å². The first-order valence-corrected chi connectivity index (χ1v) is 6.77. The Hall–Kier alpha value is -1.06. The highest BCUT2D eigenvalue weighted by molar-refractivity contribution is 5.61. The molecule has 1 aromatic rings. The maximum atomic E-state index is 10.6. The molecule has 2 atom stereocenters. The van der Waals surface area contributed by atoms with Gasteiger partial charge in [-0.05, 0) is 31.4 Å². The lowest BCUT2D eigenvalue weighted by Crippen LogP contribution is -2.48. The summed E-state index contributed by atoms with van der Waals surface area (Å²) in [5.74, 6) is -1.16. The molecule has 0 aliphatic carbocycles. The van der Waals surface area contributed by atoms with E-state index in [1.54, 1.807) is 0 Å². The topological polar surface area (TPSA) is 32.7 Å². The summed E-state index contributed by atoms with van der Waals surface area (Å²) in [6.45, 7) is 8.86. The summed E-state index contributed by atoms with van der Waals surface area (Å²) in [5.41, 5.74) is 3.59. The fourth-order valence-corrected chi connectivity index (χ4v) is 2.76. The summed E-state index contributed by atoms with van der Waals surface area (Å²) in [5, 5.41) is 10.6. The zero-order valence-electron chi connectivity index (χ0n) is 11.7. The van der Waals surface area contributed by atoms with Crippen molar-refractivity contribution in [1.29, 1.82) is 0 Å². The highest BCUT2D eigenvalue weighted by Crippen LogP contribution is 2.38. The van der Waals surface area contributed by atoms with Crippen molar-refractivity contribution in [3.8, 4) is 0 Å². The van der Waals surface area contributed by atoms with Gasteiger partial charge in [0.25, 0.3) is 0 Å². The molecule has 1 saturated heterocycles. The summed E-state index contributed by atoms with van der Waals surface area (Å²) in [6.07, 6.45) is 1.52. The van der Waals surface area contributed by atoms with Crippen LogP contribution < -0.4 is 4.90 Å². The zero-order valence-corrected chi connectivity index (χ0v) is 11.7. The lowest BCUT2D eigenvalue weighted by Gasteiger charge is -2.37. The molecular weight excluding hydrogens is 226 g/mol. The van der Waals surface area contributed by atoms with Crippen molar-refractivity contribution in [3.63, 3.8) is 0 Å². The van der Waals surface area contributed by atoms with Gasteiger partial charge in [0.2, 0.25) is 5.91 Å². The standard InChI is InChI=1S/C15H23NO2/c1-5-13-9-7-8-11(3)14(13)16-12(4)10-18-15(16,17)6-2/h7-9,12,17H,5-6,10H2,1-4H3. The molecule has 18 heavy (non-hydrogen) atoms. The summed E-state index contributed by atoms with van der Waals surface area (Å²) < 4.78 is 5.60. The van der Waals surface area contributed by atoms with Crippen LogP contribution in [0.25, 0.3) is 0 Å². The monoisotopic (exact) mass is 249 g/mol. The summed E-state index contributed by atoms with van der Waals surface area (Å²) in [7, 11) is 0. The lowest BCUT2D eigenvalue weighted by atomic mass is 10.0. The van der Waals surface area contributed by atoms with Gasteiger partial charge >= 0.3 is 0 Å². The average Bonchev–Trinajstić information content (AvgIpc) is 2.66. The van der Waals surface area contributed by atoms with Crippen molar-refractivity contribution >= 4 is 5.69 Å². The van der Waals surface area contributed by atoms with Crippen LogP contribution in [0.15, 0.2) is 18.2 Å². The van der Waals surface area contributed by atoms with Crippen LogP contribution in [-0.4, -0.2) is 23.7 Å². The van der Waals surface area contributed by atoms with Crippen LogP contribution in [0.2, 0.25) is 0 Å². The van der Waals surface area contributed by atoms with E-state index in [4.69, 9.17) is 4.74 Å². The van der Waals surface area contributed by atoms with E-state index in [0.29, 0.717) is 13.0 Å². The van der Waals surface area contributed by atoms with Gasteiger partial charge in [-0.15, -0.1) is 0 Å². The second kappa shape index (κ2) is 4.90. The van der Waals surface area contributed by atoms with Gasteiger partial charge in [0.1, 0.15) is 0 Å². The molecule has 0 aromatic heterocycles. The second-order valence-corrected chi connectivity index (χ2v) is 5.06. The number of aliphatic hydroxyl groups is 1. The molecule has 0 amide bonds. The van der Waals surface area contributed by atoms with Crippen LogP contribution in [0.5, 0.6) is 0 Å². The minimum absolute atomic E-state index is 0.196. The minimum atomic E-state index is -1.16. The number of nitrogens with zero attached hydrogens (tertiary/aromatic N) is 1. The molecule has 3 nitrogen and oxygen atoms in total. The van der Waals surface area contributed by atoms with Crippen LogP contribution in [0.3, 0.4) is 0 Å². The molecule has 0 saturated carbocycles. The predicted molar refractivity (Wildman–Crippen MR) is 73.7 cm³/mol. The van der Waals surface area contributed by atoms with Crippen molar-refractivity contribution in [2.45, 2.75) is 52.5 Å². The average molecular weight is 249 g/mol. The van der Waals surface area contributed by atoms with Gasteiger partial charge in [-0.25, -0.2) is 0 Å². The first kappa shape index (κ1) is 13.4. The van der Waals surface area contributed by atoms with Gasteiger partial charge in [0.15, 0.2) is 0 Å². The van der Waals surface area contributed by atoms with Gasteiger partial charge in [-0.2, -0.15) is 0 Å². The number of para-hydroxylation sites is 1. The largest absolute Gasteiger partial charge is 0.349 e. The SMILES string of the molecule is CCc1cccc(C)c1N1C(C)COC1(O)CC. The Morgan fingerprint density at radius 2 is 2.17 bits per heavy atom. The molecule has 1 aromatic carbocycles. The summed E-state index contributed by atoms with van der Waals surface area (Å²) >= 11 is 0. The van der Waals surface area contributed by atoms with Crippen molar-refractivity contribution in [3.05, 3.63) is 29.3 Å². The van der Waals surface area contributed by atoms with Gasteiger partial charge < -0.3 is 14.7 Å². The first-order chi connectivity index (χ1) is 8.53. The fraction of sp³-hybridized carbons (Fsp3) is 0.600. The third-order valence-corrected chi connectivity index (χ3v) is 3.78. The molecule has 1 aliphatic rings. The zero-order chi connectivity index (χ0) is 13.3. The number of benzene rings is 1. The Morgan fingerprint density at radius 3 is 2.78 bits per heavy atom. The highest BCUT2D eigenvalue weighted by Gasteiger charge is 2.44. The van der Waals surface area contributed by atoms with Gasteiger partial charge in [0, 0.05) is 12.1 Å². The van der Waals surface area contributed by atoms with E-state index in [2.05, 4.69) is 39.0 Å². The number of ether oxygens (including phenoxy) is 1. The smallest absolute Gasteiger partial charge is 0.249 e. The Balaban J connectivity index is 2.53. The lowest BCUT2D eigenvalue weighted by molar-refractivity contribution is -0.169. The highest BCUT2D eigenvalue weighted by atomic mass is 16.7. The normalized spacial score (nSPS) is 27.8. The van der Waals surface area contributed by atoms with Gasteiger partial charge in [0.05, 0.1) is 12.6 Å². The molecule has 1 fully saturated rings. The third kappa shape index (κ3) is 2.02. The molecule has 3 heteroatoms. The molecule has 2 rings (SSSR count). The van der Waals surface area contributed by atoms with Crippen molar-refractivity contribution in [2.24, 2.45) is 0 Å². The van der Waals surface area contributed by atoms with Gasteiger partial charge in [-0.1, -0.05) is 32.0 Å². The van der Waals surface area contributed by atoms with Crippen molar-refractivity contribution < 1.29 is 9.84 Å². The molecule has 0 radical (unpaired) electrons. The van der Waals surface area contributed by atoms with Crippen LogP contribution in [-0.2, 0) is 11.2 Å². The van der Waals surface area contributed by atoms with E-state index >= 15 is 0 Å². The Kier molecular flexibility index (Phi) is 3.64. The van der Waals surface area contributed by atoms with E-state index in [0.717, 1.165) is 12.1 Å². The van der Waals surface area contributed by atoms with E-state index in [1.165, 1.54) is 11.1 Å². The Morgan fingerprint density at radius 1 is 1.44 bits per heavy atom. The number of hydrogen-bond acceptors (Lipinski definition) is 3. The number of anilines is 1. The molecule has 100 valence electrons. The van der Waals surface area contributed by atoms with Crippen LogP contribution >= 0.6 is 0 Å². The quantitative estimate of drug-likeness (QED) is 0.894. The maximum absolute atomic E-state index is 10.6. The van der Waals surface area contributed by atoms with Crippen LogP contribution in [0, 0.1) is 6.92 Å². The van der Waals surface area contributed by atoms with Crippen LogP contribution in [0.4, 0.5) is 5.69 Å². The number of hydrogen-bond donors (Lipinski definition) is 1. The fourth-order valence-electron chi connectivity index (χ4n) is 2.76. The van der Waals surface area contributed by atoms with Gasteiger partial charge in [-0.3, -0.25) is 0 Å². The van der Waals surface area contributed by atoms with Crippen LogP contribution in [0.1, 0.15) is 38.3 Å². The number of rotatable bonds is 3. The second-order valence-electron chi connectivity index (χ2n) is 5.06. The molecule has 0 bridgehead atoms. The third-order valence-electron chi connectivity index (χ3n) is 3.78. The minimum Gasteiger partial charge on any atom is -0.349 e. The molecular formula is C15H23NO2. The molecule has 2 unspecified atom stereocenters. The Bertz CT molecular complexity index is 433. The number of aryl methyl sites for hydroxylation is 2.